The van der Waals surface area contributed by atoms with Crippen molar-refractivity contribution in [2.75, 3.05) is 19.5 Å². The van der Waals surface area contributed by atoms with Crippen molar-refractivity contribution in [3.05, 3.63) is 46.4 Å². The highest BCUT2D eigenvalue weighted by Gasteiger charge is 2.14. The summed E-state index contributed by atoms with van der Waals surface area (Å²) in [7, 11) is 3.02. The Balaban J connectivity index is 2.31. The van der Waals surface area contributed by atoms with E-state index in [4.69, 9.17) is 9.47 Å². The van der Waals surface area contributed by atoms with Crippen molar-refractivity contribution in [1.29, 1.82) is 0 Å². The Kier molecular flexibility index (Phi) is 4.70. The SMILES string of the molecule is COc1cc(C(=O)Nc2cccc(O)c2)cc(OC)c1Br. The fraction of sp³-hybridized carbons (Fsp3) is 0.133. The van der Waals surface area contributed by atoms with Gasteiger partial charge in [0.25, 0.3) is 5.91 Å². The molecule has 0 heterocycles. The van der Waals surface area contributed by atoms with E-state index < -0.39 is 0 Å². The molecule has 0 radical (unpaired) electrons. The smallest absolute Gasteiger partial charge is 0.255 e. The standard InChI is InChI=1S/C15H14BrNO4/c1-20-12-6-9(7-13(21-2)14(12)16)15(19)17-10-4-3-5-11(18)8-10/h3-8,18H,1-2H3,(H,17,19). The Bertz CT molecular complexity index is 647. The minimum Gasteiger partial charge on any atom is -0.508 e. The predicted molar refractivity (Wildman–Crippen MR) is 83.3 cm³/mol. The maximum absolute atomic E-state index is 12.3. The zero-order chi connectivity index (χ0) is 15.4. The number of rotatable bonds is 4. The molecule has 0 saturated carbocycles. The highest BCUT2D eigenvalue weighted by atomic mass is 79.9. The van der Waals surface area contributed by atoms with Crippen LogP contribution in [0.15, 0.2) is 40.9 Å². The number of nitrogens with one attached hydrogen (secondary N) is 1. The molecule has 2 rings (SSSR count). The van der Waals surface area contributed by atoms with E-state index in [9.17, 15) is 9.90 Å². The molecule has 0 aliphatic carbocycles. The van der Waals surface area contributed by atoms with E-state index in [1.165, 1.54) is 26.4 Å². The monoisotopic (exact) mass is 351 g/mol. The topological polar surface area (TPSA) is 67.8 Å². The molecule has 0 aliphatic rings. The number of ether oxygens (including phenoxy) is 2. The molecule has 0 aromatic heterocycles. The van der Waals surface area contributed by atoms with Gasteiger partial charge in [-0.25, -0.2) is 0 Å². The van der Waals surface area contributed by atoms with E-state index in [2.05, 4.69) is 21.2 Å². The number of carbonyl (C=O) groups is 1. The summed E-state index contributed by atoms with van der Waals surface area (Å²) in [6.45, 7) is 0. The van der Waals surface area contributed by atoms with Gasteiger partial charge in [-0.2, -0.15) is 0 Å². The summed E-state index contributed by atoms with van der Waals surface area (Å²) in [6.07, 6.45) is 0. The van der Waals surface area contributed by atoms with Gasteiger partial charge in [-0.05, 0) is 40.2 Å². The quantitative estimate of drug-likeness (QED) is 0.885. The van der Waals surface area contributed by atoms with Gasteiger partial charge in [0.15, 0.2) is 0 Å². The number of phenols is 1. The van der Waals surface area contributed by atoms with Crippen LogP contribution in [0.25, 0.3) is 0 Å². The van der Waals surface area contributed by atoms with Gasteiger partial charge in [0.1, 0.15) is 21.7 Å². The fourth-order valence-corrected chi connectivity index (χ4v) is 2.34. The summed E-state index contributed by atoms with van der Waals surface area (Å²) in [6, 6.07) is 9.53. The zero-order valence-corrected chi connectivity index (χ0v) is 13.1. The number of methoxy groups -OCH3 is 2. The first-order valence-corrected chi connectivity index (χ1v) is 6.86. The van der Waals surface area contributed by atoms with Gasteiger partial charge in [-0.3, -0.25) is 4.79 Å². The van der Waals surface area contributed by atoms with E-state index in [-0.39, 0.29) is 11.7 Å². The van der Waals surface area contributed by atoms with E-state index in [0.717, 1.165) is 0 Å². The summed E-state index contributed by atoms with van der Waals surface area (Å²) >= 11 is 3.35. The lowest BCUT2D eigenvalue weighted by Gasteiger charge is -2.12. The average molecular weight is 352 g/mol. The Morgan fingerprint density at radius 2 is 1.76 bits per heavy atom. The highest BCUT2D eigenvalue weighted by molar-refractivity contribution is 9.10. The van der Waals surface area contributed by atoms with Crippen molar-refractivity contribution in [1.82, 2.24) is 0 Å². The minimum atomic E-state index is -0.329. The number of carbonyl (C=O) groups excluding carboxylic acids is 1. The molecule has 2 aromatic carbocycles. The molecule has 1 amide bonds. The van der Waals surface area contributed by atoms with Crippen molar-refractivity contribution in [2.45, 2.75) is 0 Å². The molecule has 21 heavy (non-hydrogen) atoms. The Morgan fingerprint density at radius 3 is 2.29 bits per heavy atom. The summed E-state index contributed by atoms with van der Waals surface area (Å²) in [5.74, 6) is 0.745. The predicted octanol–water partition coefficient (Wildman–Crippen LogP) is 3.42. The Morgan fingerprint density at radius 1 is 1.14 bits per heavy atom. The largest absolute Gasteiger partial charge is 0.508 e. The van der Waals surface area contributed by atoms with Gasteiger partial charge in [0, 0.05) is 17.3 Å². The lowest BCUT2D eigenvalue weighted by Crippen LogP contribution is -2.12. The van der Waals surface area contributed by atoms with E-state index >= 15 is 0 Å². The van der Waals surface area contributed by atoms with E-state index in [1.807, 2.05) is 0 Å². The average Bonchev–Trinajstić information content (AvgIpc) is 2.47. The summed E-state index contributed by atoms with van der Waals surface area (Å²) in [5, 5.41) is 12.1. The van der Waals surface area contributed by atoms with Crippen LogP contribution in [-0.4, -0.2) is 25.2 Å². The first kappa shape index (κ1) is 15.2. The maximum Gasteiger partial charge on any atom is 0.255 e. The van der Waals surface area contributed by atoms with Gasteiger partial charge < -0.3 is 19.9 Å². The lowest BCUT2D eigenvalue weighted by atomic mass is 10.1. The molecule has 2 N–H and O–H groups in total. The number of hydrogen-bond acceptors (Lipinski definition) is 4. The van der Waals surface area contributed by atoms with Crippen LogP contribution in [-0.2, 0) is 0 Å². The number of anilines is 1. The fourth-order valence-electron chi connectivity index (χ4n) is 1.79. The van der Waals surface area contributed by atoms with Crippen LogP contribution in [0.4, 0.5) is 5.69 Å². The molecule has 2 aromatic rings. The second-order valence-corrected chi connectivity index (χ2v) is 4.99. The third-order valence-electron chi connectivity index (χ3n) is 2.81. The molecule has 0 saturated heterocycles. The van der Waals surface area contributed by atoms with Crippen molar-refractivity contribution in [3.8, 4) is 17.2 Å². The summed E-state index contributed by atoms with van der Waals surface area (Å²) in [4.78, 5) is 12.3. The molecule has 0 unspecified atom stereocenters. The third kappa shape index (κ3) is 3.46. The molecule has 0 fully saturated rings. The summed E-state index contributed by atoms with van der Waals surface area (Å²) in [5.41, 5.74) is 0.885. The van der Waals surface area contributed by atoms with Crippen LogP contribution in [0.5, 0.6) is 17.2 Å². The first-order chi connectivity index (χ1) is 10.0. The molecule has 6 heteroatoms. The molecule has 0 atom stereocenters. The number of halogens is 1. The lowest BCUT2D eigenvalue weighted by molar-refractivity contribution is 0.102. The molecule has 110 valence electrons. The number of phenolic OH excluding ortho intramolecular Hbond substituents is 1. The molecule has 5 nitrogen and oxygen atoms in total. The summed E-state index contributed by atoms with van der Waals surface area (Å²) < 4.78 is 11.0. The maximum atomic E-state index is 12.3. The van der Waals surface area contributed by atoms with Crippen LogP contribution < -0.4 is 14.8 Å². The van der Waals surface area contributed by atoms with Crippen molar-refractivity contribution < 1.29 is 19.4 Å². The second kappa shape index (κ2) is 6.49. The number of hydrogen-bond donors (Lipinski definition) is 2. The van der Waals surface area contributed by atoms with Gasteiger partial charge in [-0.1, -0.05) is 6.07 Å². The molecule has 0 aliphatic heterocycles. The third-order valence-corrected chi connectivity index (χ3v) is 3.59. The van der Waals surface area contributed by atoms with Gasteiger partial charge in [-0.15, -0.1) is 0 Å². The van der Waals surface area contributed by atoms with Gasteiger partial charge >= 0.3 is 0 Å². The minimum absolute atomic E-state index is 0.0822. The molecule has 0 spiro atoms. The normalized spacial score (nSPS) is 10.0. The Labute approximate surface area is 130 Å². The Hall–Kier alpha value is -2.21. The molecular formula is C15H14BrNO4. The van der Waals surface area contributed by atoms with Crippen molar-refractivity contribution in [3.63, 3.8) is 0 Å². The second-order valence-electron chi connectivity index (χ2n) is 4.20. The zero-order valence-electron chi connectivity index (χ0n) is 11.5. The van der Waals surface area contributed by atoms with Crippen molar-refractivity contribution in [2.24, 2.45) is 0 Å². The van der Waals surface area contributed by atoms with E-state index in [0.29, 0.717) is 27.2 Å². The van der Waals surface area contributed by atoms with Crippen LogP contribution in [0.1, 0.15) is 10.4 Å². The van der Waals surface area contributed by atoms with Crippen LogP contribution in [0.2, 0.25) is 0 Å². The number of aromatic hydroxyl groups is 1. The number of benzene rings is 2. The first-order valence-electron chi connectivity index (χ1n) is 6.07. The molecular weight excluding hydrogens is 338 g/mol. The van der Waals surface area contributed by atoms with Crippen LogP contribution >= 0.6 is 15.9 Å². The molecule has 0 bridgehead atoms. The highest BCUT2D eigenvalue weighted by Crippen LogP contribution is 2.35. The van der Waals surface area contributed by atoms with Crippen LogP contribution in [0.3, 0.4) is 0 Å². The van der Waals surface area contributed by atoms with E-state index in [1.54, 1.807) is 24.3 Å². The van der Waals surface area contributed by atoms with Crippen LogP contribution in [0, 0.1) is 0 Å². The number of amides is 1. The van der Waals surface area contributed by atoms with Crippen molar-refractivity contribution >= 4 is 27.5 Å². The van der Waals surface area contributed by atoms with Gasteiger partial charge in [0.05, 0.1) is 14.2 Å². The van der Waals surface area contributed by atoms with Gasteiger partial charge in [0.2, 0.25) is 0 Å².